The summed E-state index contributed by atoms with van der Waals surface area (Å²) in [6.45, 7) is 3.94. The number of benzene rings is 1. The zero-order valence-electron chi connectivity index (χ0n) is 14.5. The van der Waals surface area contributed by atoms with Crippen LogP contribution in [0.25, 0.3) is 0 Å². The summed E-state index contributed by atoms with van der Waals surface area (Å²) in [5, 5.41) is 0. The Kier molecular flexibility index (Phi) is 5.91. The topological polar surface area (TPSA) is 52.6 Å². The molecule has 2 atom stereocenters. The summed E-state index contributed by atoms with van der Waals surface area (Å²) in [6, 6.07) is 5.23. The van der Waals surface area contributed by atoms with Crippen molar-refractivity contribution in [2.24, 2.45) is 0 Å². The molecule has 0 amide bonds. The van der Waals surface area contributed by atoms with Crippen LogP contribution in [0, 0.1) is 0 Å². The van der Waals surface area contributed by atoms with Gasteiger partial charge in [0.25, 0.3) is 0 Å². The second kappa shape index (κ2) is 7.53. The first-order valence-electron chi connectivity index (χ1n) is 8.35. The third kappa shape index (κ3) is 3.19. The monoisotopic (exact) mass is 338 g/mol. The van der Waals surface area contributed by atoms with Crippen LogP contribution >= 0.6 is 7.14 Å². The van der Waals surface area contributed by atoms with Gasteiger partial charge in [-0.2, -0.15) is 0 Å². The Labute approximate surface area is 138 Å². The number of ether oxygens (including phenoxy) is 2. The molecule has 5 heteroatoms. The maximum absolute atomic E-state index is 13.9. The number of methoxy groups -OCH3 is 2. The van der Waals surface area contributed by atoms with E-state index in [-0.39, 0.29) is 16.8 Å². The van der Waals surface area contributed by atoms with Gasteiger partial charge in [-0.05, 0) is 31.4 Å². The average molecular weight is 338 g/mol. The molecule has 0 N–H and O–H groups in total. The van der Waals surface area contributed by atoms with Gasteiger partial charge >= 0.3 is 0 Å². The Hall–Kier alpha value is -1.28. The fourth-order valence-corrected chi connectivity index (χ4v) is 7.22. The summed E-state index contributed by atoms with van der Waals surface area (Å²) in [7, 11) is -0.00389. The summed E-state index contributed by atoms with van der Waals surface area (Å²) >= 11 is 0. The molecule has 1 aromatic rings. The Morgan fingerprint density at radius 2 is 1.74 bits per heavy atom. The summed E-state index contributed by atoms with van der Waals surface area (Å²) in [6.07, 6.45) is 4.61. The van der Waals surface area contributed by atoms with E-state index in [1.54, 1.807) is 18.2 Å². The maximum Gasteiger partial charge on any atom is 0.229 e. The van der Waals surface area contributed by atoms with E-state index in [1.165, 1.54) is 14.2 Å². The van der Waals surface area contributed by atoms with E-state index in [1.807, 2.05) is 13.8 Å². The van der Waals surface area contributed by atoms with E-state index in [0.29, 0.717) is 17.1 Å². The number of hydrogen-bond donors (Lipinski definition) is 0. The quantitative estimate of drug-likeness (QED) is 0.660. The lowest BCUT2D eigenvalue weighted by Crippen LogP contribution is -2.21. The van der Waals surface area contributed by atoms with Crippen molar-refractivity contribution in [1.29, 1.82) is 0 Å². The average Bonchev–Trinajstić information content (AvgIpc) is 3.13. The summed E-state index contributed by atoms with van der Waals surface area (Å²) in [4.78, 5) is 13.4. The lowest BCUT2D eigenvalue weighted by molar-refractivity contribution is 0.106. The highest BCUT2D eigenvalue weighted by atomic mass is 31.2. The molecule has 0 saturated heterocycles. The van der Waals surface area contributed by atoms with Crippen molar-refractivity contribution in [3.05, 3.63) is 23.8 Å². The van der Waals surface area contributed by atoms with Crippen LogP contribution in [0.1, 0.15) is 56.3 Å². The molecule has 0 bridgehead atoms. The second-order valence-electron chi connectivity index (χ2n) is 6.25. The molecule has 0 heterocycles. The molecule has 0 radical (unpaired) electrons. The van der Waals surface area contributed by atoms with Crippen molar-refractivity contribution in [3.8, 4) is 11.5 Å². The molecule has 1 fully saturated rings. The minimum atomic E-state index is -3.05. The van der Waals surface area contributed by atoms with Gasteiger partial charge in [0.05, 0.1) is 14.2 Å². The Morgan fingerprint density at radius 3 is 2.17 bits per heavy atom. The van der Waals surface area contributed by atoms with Crippen molar-refractivity contribution in [2.75, 3.05) is 14.2 Å². The van der Waals surface area contributed by atoms with Crippen molar-refractivity contribution in [2.45, 2.75) is 57.3 Å². The Morgan fingerprint density at radius 1 is 1.22 bits per heavy atom. The molecule has 2 unspecified atom stereocenters. The normalized spacial score (nSPS) is 19.1. The molecular weight excluding hydrogens is 311 g/mol. The zero-order chi connectivity index (χ0) is 17.0. The molecular formula is C18H27O4P. The third-order valence-electron chi connectivity index (χ3n) is 5.07. The highest BCUT2D eigenvalue weighted by Crippen LogP contribution is 2.64. The lowest BCUT2D eigenvalue weighted by atomic mass is 10.2. The molecule has 1 saturated carbocycles. The van der Waals surface area contributed by atoms with Crippen molar-refractivity contribution in [1.82, 2.24) is 0 Å². The van der Waals surface area contributed by atoms with E-state index < -0.39 is 7.14 Å². The SMILES string of the molecule is CCC(C)P(=O)(C(=O)c1c(OC)cccc1OC)C1CCCC1. The van der Waals surface area contributed by atoms with Crippen LogP contribution in [0.5, 0.6) is 11.5 Å². The fraction of sp³-hybridized carbons (Fsp3) is 0.611. The number of rotatable bonds is 7. The highest BCUT2D eigenvalue weighted by Gasteiger charge is 2.46. The molecule has 0 aliphatic heterocycles. The molecule has 1 aromatic carbocycles. The molecule has 0 spiro atoms. The van der Waals surface area contributed by atoms with Crippen LogP contribution in [0.2, 0.25) is 0 Å². The zero-order valence-corrected chi connectivity index (χ0v) is 15.4. The van der Waals surface area contributed by atoms with E-state index in [2.05, 4.69) is 0 Å². The smallest absolute Gasteiger partial charge is 0.229 e. The van der Waals surface area contributed by atoms with Crippen LogP contribution in [-0.4, -0.2) is 31.1 Å². The van der Waals surface area contributed by atoms with Gasteiger partial charge in [0, 0.05) is 11.3 Å². The predicted molar refractivity (Wildman–Crippen MR) is 93.5 cm³/mol. The summed E-state index contributed by atoms with van der Waals surface area (Å²) in [5.41, 5.74) is -0.0478. The number of carbonyl (C=O) groups is 1. The minimum Gasteiger partial charge on any atom is -0.496 e. The lowest BCUT2D eigenvalue weighted by Gasteiger charge is -2.29. The third-order valence-corrected chi connectivity index (χ3v) is 9.21. The summed E-state index contributed by atoms with van der Waals surface area (Å²) in [5.74, 6) is 0.881. The second-order valence-corrected chi connectivity index (χ2v) is 9.68. The van der Waals surface area contributed by atoms with E-state index in [9.17, 15) is 9.36 Å². The van der Waals surface area contributed by atoms with Gasteiger partial charge in [0.2, 0.25) is 5.52 Å². The van der Waals surface area contributed by atoms with Crippen LogP contribution in [0.15, 0.2) is 18.2 Å². The maximum atomic E-state index is 13.9. The molecule has 23 heavy (non-hydrogen) atoms. The summed E-state index contributed by atoms with van der Waals surface area (Å²) < 4.78 is 24.6. The molecule has 1 aliphatic carbocycles. The van der Waals surface area contributed by atoms with Gasteiger partial charge in [-0.15, -0.1) is 0 Å². The van der Waals surface area contributed by atoms with Crippen LogP contribution in [-0.2, 0) is 4.57 Å². The van der Waals surface area contributed by atoms with E-state index in [0.717, 1.165) is 32.1 Å². The number of carbonyl (C=O) groups excluding carboxylic acids is 1. The van der Waals surface area contributed by atoms with Gasteiger partial charge in [-0.3, -0.25) is 4.79 Å². The first-order chi connectivity index (χ1) is 11.0. The van der Waals surface area contributed by atoms with Gasteiger partial charge in [0.15, 0.2) is 7.14 Å². The van der Waals surface area contributed by atoms with Gasteiger partial charge in [0.1, 0.15) is 17.1 Å². The molecule has 1 aliphatic rings. The highest BCUT2D eigenvalue weighted by molar-refractivity contribution is 7.82. The minimum absolute atomic E-state index is 0.000400. The van der Waals surface area contributed by atoms with Gasteiger partial charge < -0.3 is 14.0 Å². The van der Waals surface area contributed by atoms with Gasteiger partial charge in [-0.1, -0.05) is 32.8 Å². The fourth-order valence-electron chi connectivity index (χ4n) is 3.52. The van der Waals surface area contributed by atoms with Crippen molar-refractivity contribution < 1.29 is 18.8 Å². The van der Waals surface area contributed by atoms with Crippen molar-refractivity contribution in [3.63, 3.8) is 0 Å². The van der Waals surface area contributed by atoms with Gasteiger partial charge in [-0.25, -0.2) is 0 Å². The van der Waals surface area contributed by atoms with Crippen LogP contribution in [0.4, 0.5) is 0 Å². The Balaban J connectivity index is 2.56. The number of hydrogen-bond acceptors (Lipinski definition) is 4. The van der Waals surface area contributed by atoms with E-state index in [4.69, 9.17) is 9.47 Å². The largest absolute Gasteiger partial charge is 0.496 e. The Bertz CT molecular complexity index is 583. The predicted octanol–water partition coefficient (Wildman–Crippen LogP) is 4.95. The first-order valence-corrected chi connectivity index (χ1v) is 10.2. The molecule has 2 rings (SSSR count). The van der Waals surface area contributed by atoms with Crippen LogP contribution in [0.3, 0.4) is 0 Å². The van der Waals surface area contributed by atoms with E-state index >= 15 is 0 Å². The van der Waals surface area contributed by atoms with Crippen LogP contribution < -0.4 is 9.47 Å². The molecule has 0 aromatic heterocycles. The molecule has 4 nitrogen and oxygen atoms in total. The van der Waals surface area contributed by atoms with Crippen molar-refractivity contribution >= 4 is 12.7 Å². The first kappa shape index (κ1) is 18.1. The molecule has 128 valence electrons. The standard InChI is InChI=1S/C18H27O4P/c1-5-13(2)23(20,14-9-6-7-10-14)18(19)17-15(21-3)11-8-12-16(17)22-4/h8,11-14H,5-7,9-10H2,1-4H3.